The maximum Gasteiger partial charge on any atom is 0.244 e. The van der Waals surface area contributed by atoms with Gasteiger partial charge in [0.25, 0.3) is 0 Å². The van der Waals surface area contributed by atoms with Crippen LogP contribution in [0.3, 0.4) is 0 Å². The van der Waals surface area contributed by atoms with Gasteiger partial charge in [0.05, 0.1) is 22.9 Å². The second-order valence-electron chi connectivity index (χ2n) is 6.78. The number of sulfonamides is 1. The summed E-state index contributed by atoms with van der Waals surface area (Å²) in [6, 6.07) is 10.8. The van der Waals surface area contributed by atoms with Crippen molar-refractivity contribution < 1.29 is 21.6 Å². The first-order chi connectivity index (χ1) is 13.3. The summed E-state index contributed by atoms with van der Waals surface area (Å²) < 4.78 is 48.8. The fourth-order valence-electron chi connectivity index (χ4n) is 2.82. The van der Waals surface area contributed by atoms with Gasteiger partial charge in [-0.05, 0) is 55.8 Å². The van der Waals surface area contributed by atoms with E-state index in [-0.39, 0.29) is 4.90 Å². The predicted molar refractivity (Wildman–Crippen MR) is 114 cm³/mol. The van der Waals surface area contributed by atoms with Gasteiger partial charge in [0.15, 0.2) is 9.84 Å². The normalized spacial score (nSPS) is 14.1. The lowest BCUT2D eigenvalue weighted by Gasteiger charge is -2.29. The van der Waals surface area contributed by atoms with Gasteiger partial charge in [-0.1, -0.05) is 23.7 Å². The summed E-state index contributed by atoms with van der Waals surface area (Å²) in [5.41, 5.74) is 1.01. The first kappa shape index (κ1) is 23.2. The minimum absolute atomic E-state index is 0.180. The number of hydrogen-bond acceptors (Lipinski definition) is 5. The molecule has 0 radical (unpaired) electrons. The lowest BCUT2D eigenvalue weighted by molar-refractivity contribution is -0.122. The van der Waals surface area contributed by atoms with Gasteiger partial charge in [0, 0.05) is 11.3 Å². The first-order valence-corrected chi connectivity index (χ1v) is 12.8. The number of benzene rings is 2. The van der Waals surface area contributed by atoms with E-state index in [2.05, 4.69) is 5.32 Å². The van der Waals surface area contributed by atoms with E-state index in [0.717, 1.165) is 16.8 Å². The molecule has 1 N–H and O–H groups in total. The van der Waals surface area contributed by atoms with Crippen LogP contribution in [0.25, 0.3) is 0 Å². The number of halogens is 1. The van der Waals surface area contributed by atoms with E-state index in [1.165, 1.54) is 31.2 Å². The quantitative estimate of drug-likeness (QED) is 0.687. The van der Waals surface area contributed by atoms with Gasteiger partial charge in [0.1, 0.15) is 6.04 Å². The summed E-state index contributed by atoms with van der Waals surface area (Å²) in [7, 11) is -7.05. The van der Waals surface area contributed by atoms with E-state index >= 15 is 0 Å². The Bertz CT molecular complexity index is 1080. The molecule has 0 aliphatic carbocycles. The molecule has 0 fully saturated rings. The lowest BCUT2D eigenvalue weighted by Crippen LogP contribution is -2.48. The molecule has 0 aliphatic heterocycles. The van der Waals surface area contributed by atoms with Gasteiger partial charge in [-0.15, -0.1) is 0 Å². The Labute approximate surface area is 176 Å². The fraction of sp³-hybridized carbons (Fsp3) is 0.316. The Kier molecular flexibility index (Phi) is 6.97. The van der Waals surface area contributed by atoms with Crippen molar-refractivity contribution in [3.8, 4) is 0 Å². The SMILES string of the molecule is C[C@H](NC(=O)[C@H](C)N(c1ccc(Cl)cc1)S(C)(=O)=O)c1ccc(S(C)(=O)=O)cc1. The van der Waals surface area contributed by atoms with Crippen molar-refractivity contribution in [1.29, 1.82) is 0 Å². The molecule has 2 aromatic carbocycles. The zero-order valence-electron chi connectivity index (χ0n) is 16.5. The van der Waals surface area contributed by atoms with E-state index in [1.54, 1.807) is 31.2 Å². The molecule has 1 amide bonds. The highest BCUT2D eigenvalue weighted by molar-refractivity contribution is 7.92. The van der Waals surface area contributed by atoms with E-state index in [1.807, 2.05) is 0 Å². The Morgan fingerprint density at radius 1 is 0.931 bits per heavy atom. The molecular weight excluding hydrogens is 436 g/mol. The van der Waals surface area contributed by atoms with Gasteiger partial charge in [0.2, 0.25) is 15.9 Å². The molecule has 0 heterocycles. The maximum atomic E-state index is 12.7. The summed E-state index contributed by atoms with van der Waals surface area (Å²) in [5, 5.41) is 3.22. The van der Waals surface area contributed by atoms with Gasteiger partial charge < -0.3 is 5.32 Å². The number of hydrogen-bond donors (Lipinski definition) is 1. The lowest BCUT2D eigenvalue weighted by atomic mass is 10.1. The molecular formula is C19H23ClN2O5S2. The van der Waals surface area contributed by atoms with Crippen LogP contribution in [0.5, 0.6) is 0 Å². The molecule has 0 saturated heterocycles. The molecule has 0 bridgehead atoms. The highest BCUT2D eigenvalue weighted by Gasteiger charge is 2.29. The van der Waals surface area contributed by atoms with Crippen molar-refractivity contribution in [2.75, 3.05) is 16.8 Å². The van der Waals surface area contributed by atoms with Crippen LogP contribution in [-0.4, -0.2) is 41.3 Å². The Balaban J connectivity index is 2.22. The monoisotopic (exact) mass is 458 g/mol. The van der Waals surface area contributed by atoms with Gasteiger partial charge >= 0.3 is 0 Å². The van der Waals surface area contributed by atoms with Crippen molar-refractivity contribution >= 4 is 43.1 Å². The van der Waals surface area contributed by atoms with Crippen LogP contribution >= 0.6 is 11.6 Å². The molecule has 0 aliphatic rings. The first-order valence-electron chi connectivity index (χ1n) is 8.66. The second kappa shape index (κ2) is 8.73. The van der Waals surface area contributed by atoms with E-state index in [9.17, 15) is 21.6 Å². The summed E-state index contributed by atoms with van der Waals surface area (Å²) in [5.74, 6) is -0.495. The minimum atomic E-state index is -3.73. The molecule has 7 nitrogen and oxygen atoms in total. The second-order valence-corrected chi connectivity index (χ2v) is 11.1. The van der Waals surface area contributed by atoms with E-state index in [0.29, 0.717) is 16.3 Å². The molecule has 2 aromatic rings. The van der Waals surface area contributed by atoms with Crippen molar-refractivity contribution in [2.24, 2.45) is 0 Å². The number of anilines is 1. The van der Waals surface area contributed by atoms with E-state index < -0.39 is 37.9 Å². The largest absolute Gasteiger partial charge is 0.348 e. The van der Waals surface area contributed by atoms with Crippen molar-refractivity contribution in [3.05, 3.63) is 59.1 Å². The van der Waals surface area contributed by atoms with E-state index in [4.69, 9.17) is 11.6 Å². The van der Waals surface area contributed by atoms with Crippen LogP contribution in [-0.2, 0) is 24.7 Å². The molecule has 0 unspecified atom stereocenters. The zero-order valence-corrected chi connectivity index (χ0v) is 18.8. The third-order valence-electron chi connectivity index (χ3n) is 4.34. The molecule has 0 saturated carbocycles. The average molecular weight is 459 g/mol. The van der Waals surface area contributed by atoms with Crippen molar-refractivity contribution in [3.63, 3.8) is 0 Å². The molecule has 10 heteroatoms. The van der Waals surface area contributed by atoms with Crippen LogP contribution in [0.4, 0.5) is 5.69 Å². The van der Waals surface area contributed by atoms with Crippen molar-refractivity contribution in [1.82, 2.24) is 5.32 Å². The number of amides is 1. The Morgan fingerprint density at radius 2 is 1.45 bits per heavy atom. The fourth-order valence-corrected chi connectivity index (χ4v) is 4.75. The molecule has 2 rings (SSSR count). The third kappa shape index (κ3) is 5.94. The number of carbonyl (C=O) groups is 1. The highest BCUT2D eigenvalue weighted by Crippen LogP contribution is 2.24. The summed E-state index contributed by atoms with van der Waals surface area (Å²) in [4.78, 5) is 12.9. The van der Waals surface area contributed by atoms with Gasteiger partial charge in [-0.25, -0.2) is 16.8 Å². The highest BCUT2D eigenvalue weighted by atomic mass is 35.5. The predicted octanol–water partition coefficient (Wildman–Crippen LogP) is 2.78. The van der Waals surface area contributed by atoms with Crippen LogP contribution in [0.15, 0.2) is 53.4 Å². The number of rotatable bonds is 7. The standard InChI is InChI=1S/C19H23ClN2O5S2/c1-13(15-5-11-18(12-6-15)28(3,24)25)21-19(23)14(2)22(29(4,26)27)17-9-7-16(20)8-10-17/h5-14H,1-4H3,(H,21,23)/t13-,14-/m0/s1. The molecule has 158 valence electrons. The molecule has 2 atom stereocenters. The van der Waals surface area contributed by atoms with Crippen LogP contribution in [0.1, 0.15) is 25.5 Å². The van der Waals surface area contributed by atoms with Crippen LogP contribution in [0.2, 0.25) is 5.02 Å². The van der Waals surface area contributed by atoms with Crippen LogP contribution in [0, 0.1) is 0 Å². The summed E-state index contributed by atoms with van der Waals surface area (Å²) >= 11 is 5.86. The number of carbonyl (C=O) groups excluding carboxylic acids is 1. The topological polar surface area (TPSA) is 101 Å². The minimum Gasteiger partial charge on any atom is -0.348 e. The zero-order chi connectivity index (χ0) is 22.0. The van der Waals surface area contributed by atoms with Gasteiger partial charge in [-0.2, -0.15) is 0 Å². The molecule has 0 aromatic heterocycles. The Morgan fingerprint density at radius 3 is 1.90 bits per heavy atom. The molecule has 29 heavy (non-hydrogen) atoms. The van der Waals surface area contributed by atoms with Gasteiger partial charge in [-0.3, -0.25) is 9.10 Å². The van der Waals surface area contributed by atoms with Crippen molar-refractivity contribution in [2.45, 2.75) is 30.8 Å². The average Bonchev–Trinajstić information content (AvgIpc) is 2.61. The maximum absolute atomic E-state index is 12.7. The smallest absolute Gasteiger partial charge is 0.244 e. The number of nitrogens with zero attached hydrogens (tertiary/aromatic N) is 1. The molecule has 0 spiro atoms. The summed E-state index contributed by atoms with van der Waals surface area (Å²) in [6.07, 6.45) is 2.14. The summed E-state index contributed by atoms with van der Waals surface area (Å²) in [6.45, 7) is 3.22. The number of sulfone groups is 1. The third-order valence-corrected chi connectivity index (χ3v) is 6.96. The van der Waals surface area contributed by atoms with Crippen LogP contribution < -0.4 is 9.62 Å². The Hall–Kier alpha value is -2.10. The number of nitrogens with one attached hydrogen (secondary N) is 1.